The van der Waals surface area contributed by atoms with Crippen molar-refractivity contribution in [3.8, 4) is 0 Å². The first-order valence-electron chi connectivity index (χ1n) is 28.7. The highest BCUT2D eigenvalue weighted by Gasteiger charge is 2.39. The van der Waals surface area contributed by atoms with Crippen LogP contribution in [0, 0.1) is 82.9 Å². The Morgan fingerprint density at radius 3 is 0.881 bits per heavy atom. The zero-order valence-electron chi connectivity index (χ0n) is 40.8. The average Bonchev–Trinajstić information content (AvgIpc) is 3.28. The molecular weight excluding hydrogens is 713 g/mol. The number of ether oxygens (including phenoxy) is 1. The summed E-state index contributed by atoms with van der Waals surface area (Å²) in [4.78, 5) is 0. The molecule has 2 unspecified atom stereocenters. The van der Waals surface area contributed by atoms with E-state index in [9.17, 15) is 0 Å². The molecule has 344 valence electrons. The van der Waals surface area contributed by atoms with E-state index in [1.54, 1.807) is 103 Å². The third-order valence-electron chi connectivity index (χ3n) is 20.0. The van der Waals surface area contributed by atoms with Gasteiger partial charge in [0.25, 0.3) is 0 Å². The van der Waals surface area contributed by atoms with Crippen molar-refractivity contribution in [2.75, 3.05) is 13.2 Å². The summed E-state index contributed by atoms with van der Waals surface area (Å²) in [5.74, 6) is 14.3. The molecule has 0 aliphatic heterocycles. The molecule has 6 fully saturated rings. The lowest BCUT2D eigenvalue weighted by Gasteiger charge is -2.43. The number of unbranched alkanes of at least 4 members (excludes halogenated alkanes) is 4. The maximum Gasteiger partial charge on any atom is 0.0468 e. The molecule has 0 aromatic heterocycles. The second-order valence-corrected chi connectivity index (χ2v) is 23.6. The lowest BCUT2D eigenvalue weighted by atomic mass is 9.63. The van der Waals surface area contributed by atoms with E-state index in [-0.39, 0.29) is 0 Å². The summed E-state index contributed by atoms with van der Waals surface area (Å²) < 4.78 is 6.90. The van der Waals surface area contributed by atoms with Crippen molar-refractivity contribution in [2.45, 2.75) is 272 Å². The topological polar surface area (TPSA) is 9.23 Å². The van der Waals surface area contributed by atoms with Gasteiger partial charge in [-0.3, -0.25) is 0 Å². The smallest absolute Gasteiger partial charge is 0.0468 e. The molecular formula is C58H106O. The van der Waals surface area contributed by atoms with Gasteiger partial charge in [0.2, 0.25) is 0 Å². The van der Waals surface area contributed by atoms with Gasteiger partial charge in [-0.15, -0.1) is 0 Å². The Morgan fingerprint density at radius 1 is 0.305 bits per heavy atom. The standard InChI is InChI=1S/C58H106O/c1-5-9-11-15-47-17-25-49(26-18-47)51-33-37-55(38-34-51)57(53-29-21-45(13-7-3)22-30-53)41-43-59-44-42-58(54-31-23-46(14-8-4)24-32-54)56-39-35-52(36-40-56)50-27-19-48(20-28-50)16-12-10-6-2/h45-58H,5-44H2,1-4H3. The normalized spacial score (nSPS) is 37.2. The summed E-state index contributed by atoms with van der Waals surface area (Å²) in [7, 11) is 0. The van der Waals surface area contributed by atoms with Gasteiger partial charge in [-0.05, 0) is 198 Å². The van der Waals surface area contributed by atoms with Crippen molar-refractivity contribution in [1.29, 1.82) is 0 Å². The van der Waals surface area contributed by atoms with E-state index < -0.39 is 0 Å². The van der Waals surface area contributed by atoms with Crippen molar-refractivity contribution in [3.63, 3.8) is 0 Å². The summed E-state index contributed by atoms with van der Waals surface area (Å²) in [6, 6.07) is 0. The van der Waals surface area contributed by atoms with E-state index >= 15 is 0 Å². The maximum absolute atomic E-state index is 6.90. The molecule has 2 atom stereocenters. The van der Waals surface area contributed by atoms with Crippen molar-refractivity contribution >= 4 is 0 Å². The van der Waals surface area contributed by atoms with Gasteiger partial charge in [0, 0.05) is 13.2 Å². The van der Waals surface area contributed by atoms with E-state index in [4.69, 9.17) is 4.74 Å². The maximum atomic E-state index is 6.90. The summed E-state index contributed by atoms with van der Waals surface area (Å²) in [5, 5.41) is 0. The fourth-order valence-electron chi connectivity index (χ4n) is 16.2. The van der Waals surface area contributed by atoms with Crippen LogP contribution < -0.4 is 0 Å². The average molecular weight is 819 g/mol. The molecule has 0 bridgehead atoms. The highest BCUT2D eigenvalue weighted by Crippen LogP contribution is 2.50. The molecule has 6 saturated carbocycles. The predicted octanol–water partition coefficient (Wildman–Crippen LogP) is 18.6. The second-order valence-electron chi connectivity index (χ2n) is 23.6. The third kappa shape index (κ3) is 15.6. The lowest BCUT2D eigenvalue weighted by molar-refractivity contribution is 0.0303. The molecule has 0 radical (unpaired) electrons. The van der Waals surface area contributed by atoms with Gasteiger partial charge in [0.1, 0.15) is 0 Å². The van der Waals surface area contributed by atoms with Crippen LogP contribution in [-0.2, 0) is 4.74 Å². The van der Waals surface area contributed by atoms with Gasteiger partial charge in [0.05, 0.1) is 0 Å². The van der Waals surface area contributed by atoms with E-state index in [1.165, 1.54) is 141 Å². The third-order valence-corrected chi connectivity index (χ3v) is 20.0. The van der Waals surface area contributed by atoms with Gasteiger partial charge in [-0.2, -0.15) is 0 Å². The Hall–Kier alpha value is -0.0400. The number of hydrogen-bond acceptors (Lipinski definition) is 1. The Balaban J connectivity index is 0.970. The van der Waals surface area contributed by atoms with Crippen LogP contribution in [0.15, 0.2) is 0 Å². The van der Waals surface area contributed by atoms with Crippen molar-refractivity contribution in [2.24, 2.45) is 82.9 Å². The first-order valence-corrected chi connectivity index (χ1v) is 28.7. The van der Waals surface area contributed by atoms with E-state index in [0.717, 1.165) is 96.1 Å². The van der Waals surface area contributed by atoms with Crippen molar-refractivity contribution in [1.82, 2.24) is 0 Å². The van der Waals surface area contributed by atoms with Gasteiger partial charge in [-0.1, -0.05) is 156 Å². The van der Waals surface area contributed by atoms with Crippen LogP contribution in [0.3, 0.4) is 0 Å². The SMILES string of the molecule is CCCCCC1CCC(C2CCC(C(CCOCCC(C3CCC(CCC)CC3)C3CCC(C4CCC(CCCCC)CC4)CC3)C3CCC(CCC)CC3)CC2)CC1. The second kappa shape index (κ2) is 27.3. The van der Waals surface area contributed by atoms with Crippen LogP contribution in [0.2, 0.25) is 0 Å². The largest absolute Gasteiger partial charge is 0.381 e. The number of hydrogen-bond donors (Lipinski definition) is 0. The molecule has 0 aromatic rings. The molecule has 0 aromatic carbocycles. The molecule has 0 heterocycles. The zero-order valence-corrected chi connectivity index (χ0v) is 40.8. The Labute approximate surface area is 371 Å². The minimum atomic E-state index is 0.944. The lowest BCUT2D eigenvalue weighted by Crippen LogP contribution is -2.34. The van der Waals surface area contributed by atoms with Crippen LogP contribution in [0.25, 0.3) is 0 Å². The van der Waals surface area contributed by atoms with Crippen molar-refractivity contribution < 1.29 is 4.74 Å². The fraction of sp³-hybridized carbons (Fsp3) is 1.00. The minimum Gasteiger partial charge on any atom is -0.381 e. The molecule has 0 spiro atoms. The minimum absolute atomic E-state index is 0.944. The molecule has 1 heteroatoms. The monoisotopic (exact) mass is 819 g/mol. The van der Waals surface area contributed by atoms with Gasteiger partial charge in [0.15, 0.2) is 0 Å². The zero-order chi connectivity index (χ0) is 41.1. The Bertz CT molecular complexity index is 936. The molecule has 6 aliphatic carbocycles. The molecule has 59 heavy (non-hydrogen) atoms. The van der Waals surface area contributed by atoms with Crippen LogP contribution in [0.1, 0.15) is 272 Å². The van der Waals surface area contributed by atoms with Gasteiger partial charge >= 0.3 is 0 Å². The van der Waals surface area contributed by atoms with Crippen LogP contribution in [0.5, 0.6) is 0 Å². The van der Waals surface area contributed by atoms with Crippen molar-refractivity contribution in [3.05, 3.63) is 0 Å². The van der Waals surface area contributed by atoms with Crippen LogP contribution in [0.4, 0.5) is 0 Å². The first kappa shape index (κ1) is 48.4. The summed E-state index contributed by atoms with van der Waals surface area (Å²) >= 11 is 0. The molecule has 1 nitrogen and oxygen atoms in total. The Morgan fingerprint density at radius 2 is 0.576 bits per heavy atom. The summed E-state index contributed by atoms with van der Waals surface area (Å²) in [5.41, 5.74) is 0. The molecule has 6 aliphatic rings. The van der Waals surface area contributed by atoms with E-state index in [0.29, 0.717) is 0 Å². The van der Waals surface area contributed by atoms with Gasteiger partial charge in [-0.25, -0.2) is 0 Å². The quantitative estimate of drug-likeness (QED) is 0.0882. The van der Waals surface area contributed by atoms with Gasteiger partial charge < -0.3 is 4.74 Å². The highest BCUT2D eigenvalue weighted by molar-refractivity contribution is 4.90. The predicted molar refractivity (Wildman–Crippen MR) is 258 cm³/mol. The molecule has 0 saturated heterocycles. The Kier molecular flexibility index (Phi) is 22.4. The molecule has 6 rings (SSSR count). The first-order chi connectivity index (χ1) is 29.1. The number of rotatable bonds is 24. The van der Waals surface area contributed by atoms with E-state index in [2.05, 4.69) is 27.7 Å². The summed E-state index contributed by atoms with van der Waals surface area (Å²) in [6.45, 7) is 11.7. The molecule has 0 amide bonds. The van der Waals surface area contributed by atoms with Crippen LogP contribution >= 0.6 is 0 Å². The summed E-state index contributed by atoms with van der Waals surface area (Å²) in [6.07, 6.45) is 57.3. The van der Waals surface area contributed by atoms with Crippen LogP contribution in [-0.4, -0.2) is 13.2 Å². The highest BCUT2D eigenvalue weighted by atomic mass is 16.5. The van der Waals surface area contributed by atoms with E-state index in [1.807, 2.05) is 0 Å². The fourth-order valence-corrected chi connectivity index (χ4v) is 16.2. The molecule has 0 N–H and O–H groups in total.